The summed E-state index contributed by atoms with van der Waals surface area (Å²) in [5.41, 5.74) is 3.83. The monoisotopic (exact) mass is 464 g/mol. The largest absolute Gasteiger partial charge is 0.464 e. The summed E-state index contributed by atoms with van der Waals surface area (Å²) in [6.07, 6.45) is 1.61. The van der Waals surface area contributed by atoms with E-state index in [4.69, 9.17) is 9.40 Å². The summed E-state index contributed by atoms with van der Waals surface area (Å²) in [7, 11) is 0. The number of hydrogen-bond acceptors (Lipinski definition) is 7. The number of thiophene rings is 1. The number of fused-ring (bicyclic) bond motifs is 3. The molecule has 0 saturated heterocycles. The van der Waals surface area contributed by atoms with Crippen LogP contribution >= 0.6 is 11.3 Å². The number of aromatic nitrogens is 4. The van der Waals surface area contributed by atoms with E-state index in [9.17, 15) is 9.59 Å². The van der Waals surface area contributed by atoms with E-state index in [1.54, 1.807) is 30.5 Å². The van der Waals surface area contributed by atoms with Gasteiger partial charge in [0.05, 0.1) is 23.0 Å². The molecule has 4 aromatic heterocycles. The average molecular weight is 465 g/mol. The average Bonchev–Trinajstić information content (AvgIpc) is 3.53. The molecule has 0 atom stereocenters. The van der Waals surface area contributed by atoms with Gasteiger partial charge in [-0.05, 0) is 49.4 Å². The minimum Gasteiger partial charge on any atom is -0.464 e. The zero-order valence-electron chi connectivity index (χ0n) is 17.9. The Labute approximate surface area is 196 Å². The number of benzene rings is 2. The highest BCUT2D eigenvalue weighted by molar-refractivity contribution is 7.25. The van der Waals surface area contributed by atoms with Crippen molar-refractivity contribution in [2.45, 2.75) is 6.92 Å². The van der Waals surface area contributed by atoms with Gasteiger partial charge in [0.15, 0.2) is 5.78 Å². The van der Waals surface area contributed by atoms with Gasteiger partial charge in [-0.25, -0.2) is 4.98 Å². The van der Waals surface area contributed by atoms with Crippen LogP contribution in [0.1, 0.15) is 17.3 Å². The van der Waals surface area contributed by atoms with Crippen LogP contribution in [0.4, 0.5) is 0 Å². The van der Waals surface area contributed by atoms with Gasteiger partial charge < -0.3 is 4.42 Å². The molecule has 0 aliphatic heterocycles. The fourth-order valence-electron chi connectivity index (χ4n) is 3.94. The van der Waals surface area contributed by atoms with E-state index in [2.05, 4.69) is 10.3 Å². The molecule has 0 aliphatic rings. The minimum atomic E-state index is -0.296. The predicted octanol–water partition coefficient (Wildman–Crippen LogP) is 5.52. The van der Waals surface area contributed by atoms with Crippen LogP contribution in [0.2, 0.25) is 0 Å². The Morgan fingerprint density at radius 1 is 1.00 bits per heavy atom. The van der Waals surface area contributed by atoms with Gasteiger partial charge in [0.1, 0.15) is 20.8 Å². The SMILES string of the molecule is CC(=O)c1ccc(-n2nnc3c(sc4nc(-c5ccccc5)cc(-c5ccco5)c43)c2=O)cc1. The number of rotatable bonds is 4. The molecule has 0 saturated carbocycles. The Kier molecular flexibility index (Phi) is 4.67. The lowest BCUT2D eigenvalue weighted by atomic mass is 10.0. The third-order valence-electron chi connectivity index (χ3n) is 5.63. The first-order valence-electron chi connectivity index (χ1n) is 10.5. The third-order valence-corrected chi connectivity index (χ3v) is 6.69. The first kappa shape index (κ1) is 20.2. The molecule has 0 radical (unpaired) electrons. The van der Waals surface area contributed by atoms with Crippen molar-refractivity contribution in [2.24, 2.45) is 0 Å². The smallest absolute Gasteiger partial charge is 0.292 e. The number of carbonyl (C=O) groups excluding carboxylic acids is 1. The summed E-state index contributed by atoms with van der Waals surface area (Å²) < 4.78 is 7.40. The highest BCUT2D eigenvalue weighted by atomic mass is 32.1. The van der Waals surface area contributed by atoms with Crippen LogP contribution in [-0.2, 0) is 0 Å². The Morgan fingerprint density at radius 2 is 1.79 bits per heavy atom. The van der Waals surface area contributed by atoms with E-state index in [1.165, 1.54) is 22.9 Å². The fraction of sp³-hybridized carbons (Fsp3) is 0.0385. The molecule has 164 valence electrons. The molecule has 2 aromatic carbocycles. The molecule has 0 bridgehead atoms. The standard InChI is InChI=1S/C26H16N4O3S/c1-15(31)16-9-11-18(12-10-16)30-26(32)24-23(28-29-30)22-19(21-8-5-13-33-21)14-20(27-25(22)34-24)17-6-3-2-4-7-17/h2-14H,1H3. The van der Waals surface area contributed by atoms with Crippen molar-refractivity contribution >= 4 is 37.6 Å². The van der Waals surface area contributed by atoms with Crippen LogP contribution < -0.4 is 5.56 Å². The maximum atomic E-state index is 13.4. The summed E-state index contributed by atoms with van der Waals surface area (Å²) in [5, 5.41) is 9.34. The van der Waals surface area contributed by atoms with Crippen molar-refractivity contribution in [2.75, 3.05) is 0 Å². The lowest BCUT2D eigenvalue weighted by molar-refractivity contribution is 0.101. The molecule has 0 spiro atoms. The number of nitrogens with zero attached hydrogens (tertiary/aromatic N) is 4. The summed E-state index contributed by atoms with van der Waals surface area (Å²) in [4.78, 5) is 30.5. The van der Waals surface area contributed by atoms with Gasteiger partial charge in [-0.3, -0.25) is 9.59 Å². The van der Waals surface area contributed by atoms with E-state index >= 15 is 0 Å². The molecular formula is C26H16N4O3S. The van der Waals surface area contributed by atoms with E-state index < -0.39 is 0 Å². The summed E-state index contributed by atoms with van der Waals surface area (Å²) in [6, 6.07) is 22.2. The van der Waals surface area contributed by atoms with Crippen LogP contribution in [-0.4, -0.2) is 25.8 Å². The number of pyridine rings is 1. The predicted molar refractivity (Wildman–Crippen MR) is 131 cm³/mol. The van der Waals surface area contributed by atoms with Crippen LogP contribution in [0.3, 0.4) is 0 Å². The lowest BCUT2D eigenvalue weighted by Gasteiger charge is -2.06. The van der Waals surface area contributed by atoms with E-state index in [0.717, 1.165) is 22.2 Å². The van der Waals surface area contributed by atoms with Crippen molar-refractivity contribution in [1.82, 2.24) is 20.0 Å². The van der Waals surface area contributed by atoms with Gasteiger partial charge in [0.25, 0.3) is 5.56 Å². The number of furan rings is 1. The summed E-state index contributed by atoms with van der Waals surface area (Å²) in [6.45, 7) is 1.50. The van der Waals surface area contributed by atoms with Crippen molar-refractivity contribution in [3.63, 3.8) is 0 Å². The van der Waals surface area contributed by atoms with Gasteiger partial charge in [-0.2, -0.15) is 4.68 Å². The van der Waals surface area contributed by atoms with Gasteiger partial charge in [-0.15, -0.1) is 16.4 Å². The molecule has 6 rings (SSSR count). The Hall–Kier alpha value is -4.43. The normalized spacial score (nSPS) is 11.3. The van der Waals surface area contributed by atoms with Gasteiger partial charge in [0, 0.05) is 16.7 Å². The Bertz CT molecular complexity index is 1740. The second-order valence-electron chi connectivity index (χ2n) is 7.77. The molecule has 0 fully saturated rings. The van der Waals surface area contributed by atoms with Crippen LogP contribution in [0, 0.1) is 0 Å². The van der Waals surface area contributed by atoms with E-state index in [1.807, 2.05) is 48.5 Å². The molecule has 4 heterocycles. The Morgan fingerprint density at radius 3 is 2.50 bits per heavy atom. The molecule has 0 aliphatic carbocycles. The first-order valence-corrected chi connectivity index (χ1v) is 11.4. The van der Waals surface area contributed by atoms with E-state index in [0.29, 0.717) is 32.1 Å². The van der Waals surface area contributed by atoms with Crippen LogP contribution in [0.25, 0.3) is 48.7 Å². The quantitative estimate of drug-likeness (QED) is 0.319. The number of hydrogen-bond donors (Lipinski definition) is 0. The maximum absolute atomic E-state index is 13.4. The third kappa shape index (κ3) is 3.23. The van der Waals surface area contributed by atoms with Crippen molar-refractivity contribution < 1.29 is 9.21 Å². The zero-order chi connectivity index (χ0) is 23.2. The maximum Gasteiger partial charge on any atom is 0.292 e. The molecule has 6 aromatic rings. The molecular weight excluding hydrogens is 448 g/mol. The lowest BCUT2D eigenvalue weighted by Crippen LogP contribution is -2.21. The van der Waals surface area contributed by atoms with Crippen LogP contribution in [0.5, 0.6) is 0 Å². The highest BCUT2D eigenvalue weighted by Gasteiger charge is 2.21. The summed E-state index contributed by atoms with van der Waals surface area (Å²) in [5.74, 6) is 0.616. The van der Waals surface area contributed by atoms with Crippen molar-refractivity contribution in [1.29, 1.82) is 0 Å². The molecule has 0 unspecified atom stereocenters. The summed E-state index contributed by atoms with van der Waals surface area (Å²) >= 11 is 1.28. The van der Waals surface area contributed by atoms with Crippen molar-refractivity contribution in [3.05, 3.63) is 95.0 Å². The van der Waals surface area contributed by atoms with E-state index in [-0.39, 0.29) is 11.3 Å². The molecule has 0 amide bonds. The van der Waals surface area contributed by atoms with Crippen molar-refractivity contribution in [3.8, 4) is 28.3 Å². The Balaban J connectivity index is 1.61. The zero-order valence-corrected chi connectivity index (χ0v) is 18.7. The second kappa shape index (κ2) is 7.86. The second-order valence-corrected chi connectivity index (χ2v) is 8.77. The molecule has 0 N–H and O–H groups in total. The fourth-order valence-corrected chi connectivity index (χ4v) is 5.00. The van der Waals surface area contributed by atoms with Gasteiger partial charge in [-0.1, -0.05) is 35.5 Å². The number of carbonyl (C=O) groups is 1. The first-order chi connectivity index (χ1) is 16.6. The molecule has 8 heteroatoms. The van der Waals surface area contributed by atoms with Gasteiger partial charge in [0.2, 0.25) is 0 Å². The topological polar surface area (TPSA) is 90.9 Å². The molecule has 7 nitrogen and oxygen atoms in total. The van der Waals surface area contributed by atoms with Gasteiger partial charge >= 0.3 is 0 Å². The number of Topliss-reactive ketones (excluding diaryl/α,β-unsaturated/α-hetero) is 1. The molecule has 34 heavy (non-hydrogen) atoms. The number of ketones is 1. The minimum absolute atomic E-state index is 0.0457. The van der Waals surface area contributed by atoms with Crippen LogP contribution in [0.15, 0.2) is 88.3 Å². The highest BCUT2D eigenvalue weighted by Crippen LogP contribution is 2.39.